The minimum atomic E-state index is -0.162. The third-order valence-corrected chi connectivity index (χ3v) is 5.61. The van der Waals surface area contributed by atoms with Gasteiger partial charge in [-0.2, -0.15) is 0 Å². The Morgan fingerprint density at radius 3 is 1.83 bits per heavy atom. The zero-order valence-corrected chi connectivity index (χ0v) is 17.2. The molecule has 2 aromatic rings. The SMILES string of the molecule is CC(=O)c1ccc(NC(=O)[C@@H](C)[NH+]2CCN(c3ccc(C(C)=O)cc3)CC2)cc1. The van der Waals surface area contributed by atoms with Crippen molar-refractivity contribution >= 4 is 28.8 Å². The zero-order valence-electron chi connectivity index (χ0n) is 17.2. The van der Waals surface area contributed by atoms with Gasteiger partial charge in [-0.25, -0.2) is 0 Å². The van der Waals surface area contributed by atoms with Crippen LogP contribution < -0.4 is 15.1 Å². The first-order valence-corrected chi connectivity index (χ1v) is 9.97. The molecule has 0 spiro atoms. The van der Waals surface area contributed by atoms with Gasteiger partial charge in [0.25, 0.3) is 5.91 Å². The average molecular weight is 394 g/mol. The highest BCUT2D eigenvalue weighted by Crippen LogP contribution is 2.16. The van der Waals surface area contributed by atoms with Crippen LogP contribution in [0.25, 0.3) is 0 Å². The molecule has 0 radical (unpaired) electrons. The van der Waals surface area contributed by atoms with Crippen LogP contribution in [-0.4, -0.2) is 49.7 Å². The Hall–Kier alpha value is -2.99. The number of Topliss-reactive ketones (excluding diaryl/α,β-unsaturated/α-hetero) is 2. The molecule has 0 aliphatic carbocycles. The minimum Gasteiger partial charge on any atom is -0.360 e. The van der Waals surface area contributed by atoms with Gasteiger partial charge in [0.15, 0.2) is 17.6 Å². The number of anilines is 2. The van der Waals surface area contributed by atoms with Crippen LogP contribution in [0, 0.1) is 0 Å². The van der Waals surface area contributed by atoms with E-state index in [2.05, 4.69) is 10.2 Å². The van der Waals surface area contributed by atoms with Crippen molar-refractivity contribution in [3.63, 3.8) is 0 Å². The van der Waals surface area contributed by atoms with E-state index >= 15 is 0 Å². The number of piperazine rings is 1. The van der Waals surface area contributed by atoms with Gasteiger partial charge in [-0.1, -0.05) is 0 Å². The van der Waals surface area contributed by atoms with E-state index in [1.165, 1.54) is 11.8 Å². The smallest absolute Gasteiger partial charge is 0.282 e. The monoisotopic (exact) mass is 394 g/mol. The van der Waals surface area contributed by atoms with Gasteiger partial charge in [0.2, 0.25) is 0 Å². The van der Waals surface area contributed by atoms with Crippen molar-refractivity contribution in [3.05, 3.63) is 59.7 Å². The topological polar surface area (TPSA) is 70.9 Å². The predicted molar refractivity (Wildman–Crippen MR) is 114 cm³/mol. The second-order valence-corrected chi connectivity index (χ2v) is 7.59. The van der Waals surface area contributed by atoms with Crippen LogP contribution in [0.5, 0.6) is 0 Å². The summed E-state index contributed by atoms with van der Waals surface area (Å²) in [5.41, 5.74) is 3.17. The van der Waals surface area contributed by atoms with Crippen molar-refractivity contribution in [1.29, 1.82) is 0 Å². The maximum absolute atomic E-state index is 12.6. The van der Waals surface area contributed by atoms with Crippen LogP contribution in [0.2, 0.25) is 0 Å². The molecule has 0 aromatic heterocycles. The van der Waals surface area contributed by atoms with Gasteiger partial charge in [-0.3, -0.25) is 14.4 Å². The largest absolute Gasteiger partial charge is 0.360 e. The normalized spacial score (nSPS) is 15.6. The van der Waals surface area contributed by atoms with Gasteiger partial charge < -0.3 is 15.1 Å². The van der Waals surface area contributed by atoms with Gasteiger partial charge in [-0.15, -0.1) is 0 Å². The summed E-state index contributed by atoms with van der Waals surface area (Å²) in [7, 11) is 0. The summed E-state index contributed by atoms with van der Waals surface area (Å²) in [6.45, 7) is 8.50. The molecule has 1 amide bonds. The molecule has 1 saturated heterocycles. The lowest BCUT2D eigenvalue weighted by Gasteiger charge is -2.36. The summed E-state index contributed by atoms with van der Waals surface area (Å²) in [4.78, 5) is 39.0. The van der Waals surface area contributed by atoms with Crippen molar-refractivity contribution in [3.8, 4) is 0 Å². The van der Waals surface area contributed by atoms with Crippen molar-refractivity contribution < 1.29 is 19.3 Å². The number of benzene rings is 2. The van der Waals surface area contributed by atoms with E-state index in [1.54, 1.807) is 31.2 Å². The molecule has 1 aliphatic rings. The van der Waals surface area contributed by atoms with E-state index in [1.807, 2.05) is 31.2 Å². The van der Waals surface area contributed by atoms with E-state index < -0.39 is 0 Å². The molecule has 2 N–H and O–H groups in total. The first kappa shape index (κ1) is 20.7. The van der Waals surface area contributed by atoms with Gasteiger partial charge in [-0.05, 0) is 69.3 Å². The number of hydrogen-bond donors (Lipinski definition) is 2. The number of nitrogens with zero attached hydrogens (tertiary/aromatic N) is 1. The molecule has 29 heavy (non-hydrogen) atoms. The quantitative estimate of drug-likeness (QED) is 0.734. The van der Waals surface area contributed by atoms with Crippen LogP contribution in [0.15, 0.2) is 48.5 Å². The highest BCUT2D eigenvalue weighted by atomic mass is 16.2. The van der Waals surface area contributed by atoms with Crippen LogP contribution in [0.4, 0.5) is 11.4 Å². The molecule has 1 heterocycles. The molecule has 0 saturated carbocycles. The molecule has 6 heteroatoms. The summed E-state index contributed by atoms with van der Waals surface area (Å²) >= 11 is 0. The Bertz CT molecular complexity index is 883. The number of quaternary nitrogens is 1. The fraction of sp³-hybridized carbons (Fsp3) is 0.348. The average Bonchev–Trinajstić information content (AvgIpc) is 2.73. The van der Waals surface area contributed by atoms with E-state index in [0.29, 0.717) is 11.3 Å². The Labute approximate surface area is 171 Å². The van der Waals surface area contributed by atoms with Crippen LogP contribution in [0.1, 0.15) is 41.5 Å². The van der Waals surface area contributed by atoms with Crippen molar-refractivity contribution in [1.82, 2.24) is 0 Å². The summed E-state index contributed by atoms with van der Waals surface area (Å²) in [5, 5.41) is 2.95. The lowest BCUT2D eigenvalue weighted by molar-refractivity contribution is -0.914. The molecule has 1 aliphatic heterocycles. The van der Waals surface area contributed by atoms with Crippen molar-refractivity contribution in [2.45, 2.75) is 26.8 Å². The van der Waals surface area contributed by atoms with Crippen LogP contribution in [0.3, 0.4) is 0 Å². The molecular weight excluding hydrogens is 366 g/mol. The first-order chi connectivity index (χ1) is 13.8. The molecule has 0 unspecified atom stereocenters. The Kier molecular flexibility index (Phi) is 6.44. The molecule has 6 nitrogen and oxygen atoms in total. The third kappa shape index (κ3) is 5.09. The molecule has 2 aromatic carbocycles. The molecule has 0 bridgehead atoms. The fourth-order valence-electron chi connectivity index (χ4n) is 3.62. The van der Waals surface area contributed by atoms with Crippen molar-refractivity contribution in [2.75, 3.05) is 36.4 Å². The van der Waals surface area contributed by atoms with E-state index in [9.17, 15) is 14.4 Å². The maximum Gasteiger partial charge on any atom is 0.282 e. The van der Waals surface area contributed by atoms with E-state index in [0.717, 1.165) is 37.4 Å². The number of carbonyl (C=O) groups excluding carboxylic acids is 3. The zero-order chi connectivity index (χ0) is 21.0. The first-order valence-electron chi connectivity index (χ1n) is 9.97. The highest BCUT2D eigenvalue weighted by Gasteiger charge is 2.29. The van der Waals surface area contributed by atoms with Gasteiger partial charge in [0.05, 0.1) is 26.2 Å². The number of amides is 1. The summed E-state index contributed by atoms with van der Waals surface area (Å²) in [6.07, 6.45) is 0. The number of hydrogen-bond acceptors (Lipinski definition) is 4. The lowest BCUT2D eigenvalue weighted by Crippen LogP contribution is -3.19. The van der Waals surface area contributed by atoms with Gasteiger partial charge in [0, 0.05) is 22.5 Å². The number of carbonyl (C=O) groups is 3. The Balaban J connectivity index is 1.53. The fourth-order valence-corrected chi connectivity index (χ4v) is 3.62. The number of rotatable bonds is 6. The lowest BCUT2D eigenvalue weighted by atomic mass is 10.1. The minimum absolute atomic E-state index is 0.00879. The Morgan fingerprint density at radius 2 is 1.34 bits per heavy atom. The maximum atomic E-state index is 12.6. The number of nitrogens with one attached hydrogen (secondary N) is 2. The Morgan fingerprint density at radius 1 is 0.862 bits per heavy atom. The van der Waals surface area contributed by atoms with Crippen LogP contribution in [-0.2, 0) is 4.79 Å². The summed E-state index contributed by atoms with van der Waals surface area (Å²) in [5.74, 6) is 0.0610. The highest BCUT2D eigenvalue weighted by molar-refractivity contribution is 5.96. The van der Waals surface area contributed by atoms with Crippen molar-refractivity contribution in [2.24, 2.45) is 0 Å². The van der Waals surface area contributed by atoms with E-state index in [4.69, 9.17) is 0 Å². The standard InChI is InChI=1S/C23H27N3O3/c1-16(23(29)24-21-8-4-19(5-9-21)17(2)27)25-12-14-26(15-13-25)22-10-6-20(7-11-22)18(3)28/h4-11,16H,12-15H2,1-3H3,(H,24,29)/p+1/t16-/m1/s1. The molecule has 1 atom stereocenters. The molecule has 152 valence electrons. The molecule has 3 rings (SSSR count). The second-order valence-electron chi connectivity index (χ2n) is 7.59. The summed E-state index contributed by atoms with van der Waals surface area (Å²) < 4.78 is 0. The number of ketones is 2. The van der Waals surface area contributed by atoms with Gasteiger partial charge >= 0.3 is 0 Å². The summed E-state index contributed by atoms with van der Waals surface area (Å²) in [6, 6.07) is 14.5. The second kappa shape index (κ2) is 9.01. The van der Waals surface area contributed by atoms with Crippen LogP contribution >= 0.6 is 0 Å². The van der Waals surface area contributed by atoms with E-state index in [-0.39, 0.29) is 23.5 Å². The van der Waals surface area contributed by atoms with Gasteiger partial charge in [0.1, 0.15) is 0 Å². The predicted octanol–water partition coefficient (Wildman–Crippen LogP) is 1.82. The molecule has 1 fully saturated rings. The molecular formula is C23H28N3O3+. The third-order valence-electron chi connectivity index (χ3n) is 5.61.